The lowest BCUT2D eigenvalue weighted by atomic mass is 10.1. The Morgan fingerprint density at radius 1 is 1.04 bits per heavy atom. The number of hydrogen-bond donors (Lipinski definition) is 1. The zero-order valence-electron chi connectivity index (χ0n) is 12.5. The van der Waals surface area contributed by atoms with Gasteiger partial charge in [-0.25, -0.2) is 0 Å². The third-order valence-corrected chi connectivity index (χ3v) is 4.54. The quantitative estimate of drug-likeness (QED) is 0.795. The van der Waals surface area contributed by atoms with Crippen LogP contribution in [0.25, 0.3) is 0 Å². The second-order valence-electron chi connectivity index (χ2n) is 5.02. The molecule has 1 amide bonds. The molecule has 2 aromatic carbocycles. The first-order chi connectivity index (χ1) is 11.0. The molecule has 0 aliphatic heterocycles. The fourth-order valence-electron chi connectivity index (χ4n) is 2.17. The first-order valence-corrected chi connectivity index (χ1v) is 8.23. The first kappa shape index (κ1) is 18.1. The average Bonchev–Trinajstić information content (AvgIpc) is 2.55. The highest BCUT2D eigenvalue weighted by molar-refractivity contribution is 6.42. The lowest BCUT2D eigenvalue weighted by molar-refractivity contribution is -0.118. The summed E-state index contributed by atoms with van der Waals surface area (Å²) >= 11 is 18.1. The average molecular weight is 373 g/mol. The Balaban J connectivity index is 2.35. The van der Waals surface area contributed by atoms with Gasteiger partial charge in [-0.2, -0.15) is 0 Å². The lowest BCUT2D eigenvalue weighted by Crippen LogP contribution is -2.29. The van der Waals surface area contributed by atoms with Crippen molar-refractivity contribution in [1.82, 2.24) is 0 Å². The molecule has 2 rings (SSSR count). The molecule has 0 aliphatic rings. The van der Waals surface area contributed by atoms with Crippen molar-refractivity contribution in [2.75, 3.05) is 4.90 Å². The maximum atomic E-state index is 12.3. The minimum Gasteiger partial charge on any atom is -0.392 e. The van der Waals surface area contributed by atoms with E-state index in [0.29, 0.717) is 39.3 Å². The Labute approximate surface area is 150 Å². The van der Waals surface area contributed by atoms with Gasteiger partial charge in [0.25, 0.3) is 0 Å². The number of carbonyl (C=O) groups is 1. The summed E-state index contributed by atoms with van der Waals surface area (Å²) in [6.07, 6.45) is 0.362. The molecule has 6 heteroatoms. The van der Waals surface area contributed by atoms with Crippen molar-refractivity contribution in [3.63, 3.8) is 0 Å². The van der Waals surface area contributed by atoms with Crippen LogP contribution in [0.1, 0.15) is 24.5 Å². The van der Waals surface area contributed by atoms with Gasteiger partial charge in [-0.3, -0.25) is 4.79 Å². The Bertz CT molecular complexity index is 719. The molecule has 0 bridgehead atoms. The number of hydrogen-bond acceptors (Lipinski definition) is 2. The van der Waals surface area contributed by atoms with E-state index in [9.17, 15) is 9.90 Å². The summed E-state index contributed by atoms with van der Waals surface area (Å²) in [5, 5.41) is 10.5. The molecule has 1 N–H and O–H groups in total. The first-order valence-electron chi connectivity index (χ1n) is 7.09. The van der Waals surface area contributed by atoms with Crippen molar-refractivity contribution >= 4 is 46.4 Å². The number of rotatable bonds is 5. The summed E-state index contributed by atoms with van der Waals surface area (Å²) in [5.41, 5.74) is 2.16. The Hall–Kier alpha value is -1.26. The van der Waals surface area contributed by atoms with Crippen LogP contribution >= 0.6 is 34.8 Å². The van der Waals surface area contributed by atoms with Crippen LogP contribution in [0, 0.1) is 0 Å². The molecule has 0 heterocycles. The highest BCUT2D eigenvalue weighted by Gasteiger charge is 2.16. The van der Waals surface area contributed by atoms with E-state index in [2.05, 4.69) is 0 Å². The second kappa shape index (κ2) is 8.02. The fraction of sp³-hybridized carbons (Fsp3) is 0.235. The van der Waals surface area contributed by atoms with Crippen molar-refractivity contribution in [3.8, 4) is 0 Å². The number of aliphatic hydroxyl groups is 1. The Kier molecular flexibility index (Phi) is 6.31. The van der Waals surface area contributed by atoms with Crippen molar-refractivity contribution < 1.29 is 9.90 Å². The third kappa shape index (κ3) is 4.39. The molecule has 0 aromatic heterocycles. The molecular weight excluding hydrogens is 357 g/mol. The highest BCUT2D eigenvalue weighted by atomic mass is 35.5. The van der Waals surface area contributed by atoms with E-state index in [4.69, 9.17) is 34.8 Å². The van der Waals surface area contributed by atoms with Crippen LogP contribution in [0.15, 0.2) is 36.4 Å². The van der Waals surface area contributed by atoms with Gasteiger partial charge in [0.05, 0.1) is 23.2 Å². The molecule has 0 atom stereocenters. The van der Waals surface area contributed by atoms with Gasteiger partial charge in [0.2, 0.25) is 5.91 Å². The van der Waals surface area contributed by atoms with Gasteiger partial charge in [0, 0.05) is 17.1 Å². The molecule has 0 saturated carbocycles. The molecule has 0 unspecified atom stereocenters. The number of aliphatic hydroxyl groups excluding tert-OH is 1. The Morgan fingerprint density at radius 3 is 2.35 bits per heavy atom. The van der Waals surface area contributed by atoms with E-state index < -0.39 is 0 Å². The molecule has 0 radical (unpaired) electrons. The van der Waals surface area contributed by atoms with Gasteiger partial charge in [0.1, 0.15) is 0 Å². The zero-order valence-corrected chi connectivity index (χ0v) is 14.8. The summed E-state index contributed by atoms with van der Waals surface area (Å²) in [4.78, 5) is 13.9. The SMILES string of the molecule is CCC(=O)N(Cc1ccc(Cl)c(Cl)c1)c1ccc(CO)c(Cl)c1. The number of halogens is 3. The van der Waals surface area contributed by atoms with E-state index in [1.54, 1.807) is 42.2 Å². The van der Waals surface area contributed by atoms with E-state index in [-0.39, 0.29) is 12.5 Å². The Morgan fingerprint density at radius 2 is 1.78 bits per heavy atom. The molecule has 0 saturated heterocycles. The number of carbonyl (C=O) groups excluding carboxylic acids is 1. The summed E-state index contributed by atoms with van der Waals surface area (Å²) in [5.74, 6) is -0.0381. The smallest absolute Gasteiger partial charge is 0.227 e. The lowest BCUT2D eigenvalue weighted by Gasteiger charge is -2.23. The van der Waals surface area contributed by atoms with E-state index in [0.717, 1.165) is 5.56 Å². The van der Waals surface area contributed by atoms with E-state index in [1.165, 1.54) is 0 Å². The fourth-order valence-corrected chi connectivity index (χ4v) is 2.72. The van der Waals surface area contributed by atoms with Crippen molar-refractivity contribution in [1.29, 1.82) is 0 Å². The number of anilines is 1. The summed E-state index contributed by atoms with van der Waals surface area (Å²) in [6, 6.07) is 10.4. The standard InChI is InChI=1S/C17H16Cl3NO2/c1-2-17(23)21(9-11-3-6-14(18)16(20)7-11)13-5-4-12(10-22)15(19)8-13/h3-8,22H,2,9-10H2,1H3. The maximum Gasteiger partial charge on any atom is 0.227 e. The van der Waals surface area contributed by atoms with Gasteiger partial charge in [-0.15, -0.1) is 0 Å². The molecule has 0 fully saturated rings. The molecular formula is C17H16Cl3NO2. The van der Waals surface area contributed by atoms with Gasteiger partial charge in [-0.1, -0.05) is 53.9 Å². The van der Waals surface area contributed by atoms with Gasteiger partial charge in [0.15, 0.2) is 0 Å². The van der Waals surface area contributed by atoms with Crippen molar-refractivity contribution in [3.05, 3.63) is 62.6 Å². The van der Waals surface area contributed by atoms with Crippen molar-refractivity contribution in [2.24, 2.45) is 0 Å². The predicted octanol–water partition coefficient (Wildman–Crippen LogP) is 5.08. The normalized spacial score (nSPS) is 10.7. The number of nitrogens with zero attached hydrogens (tertiary/aromatic N) is 1. The number of benzene rings is 2. The molecule has 23 heavy (non-hydrogen) atoms. The van der Waals surface area contributed by atoms with E-state index in [1.807, 2.05) is 6.07 Å². The summed E-state index contributed by atoms with van der Waals surface area (Å²) < 4.78 is 0. The topological polar surface area (TPSA) is 40.5 Å². The molecule has 2 aromatic rings. The largest absolute Gasteiger partial charge is 0.392 e. The summed E-state index contributed by atoms with van der Waals surface area (Å²) in [7, 11) is 0. The van der Waals surface area contributed by atoms with Crippen LogP contribution in [-0.2, 0) is 17.9 Å². The minimum absolute atomic E-state index is 0.0381. The van der Waals surface area contributed by atoms with Gasteiger partial charge < -0.3 is 10.0 Å². The molecule has 0 aliphatic carbocycles. The predicted molar refractivity (Wildman–Crippen MR) is 95.3 cm³/mol. The minimum atomic E-state index is -0.145. The zero-order chi connectivity index (χ0) is 17.0. The van der Waals surface area contributed by atoms with Crippen LogP contribution in [0.5, 0.6) is 0 Å². The molecule has 122 valence electrons. The van der Waals surface area contributed by atoms with Crippen LogP contribution in [0.4, 0.5) is 5.69 Å². The second-order valence-corrected chi connectivity index (χ2v) is 6.24. The maximum absolute atomic E-state index is 12.3. The molecule has 0 spiro atoms. The molecule has 3 nitrogen and oxygen atoms in total. The highest BCUT2D eigenvalue weighted by Crippen LogP contribution is 2.28. The van der Waals surface area contributed by atoms with Crippen molar-refractivity contribution in [2.45, 2.75) is 26.5 Å². The van der Waals surface area contributed by atoms with Crippen LogP contribution in [0.2, 0.25) is 15.1 Å². The summed E-state index contributed by atoms with van der Waals surface area (Å²) in [6.45, 7) is 2.01. The third-order valence-electron chi connectivity index (χ3n) is 3.45. The van der Waals surface area contributed by atoms with Gasteiger partial charge >= 0.3 is 0 Å². The monoisotopic (exact) mass is 371 g/mol. The van der Waals surface area contributed by atoms with Crippen LogP contribution in [0.3, 0.4) is 0 Å². The van der Waals surface area contributed by atoms with Crippen LogP contribution in [-0.4, -0.2) is 11.0 Å². The number of amides is 1. The van der Waals surface area contributed by atoms with E-state index >= 15 is 0 Å². The van der Waals surface area contributed by atoms with Crippen LogP contribution < -0.4 is 4.90 Å². The van der Waals surface area contributed by atoms with Gasteiger partial charge in [-0.05, 0) is 35.4 Å².